The Labute approximate surface area is 160 Å². The Morgan fingerprint density at radius 2 is 1.56 bits per heavy atom. The van der Waals surface area contributed by atoms with Crippen molar-refractivity contribution in [1.82, 2.24) is 9.97 Å². The van der Waals surface area contributed by atoms with Crippen LogP contribution in [0.5, 0.6) is 11.5 Å². The fourth-order valence-corrected chi connectivity index (χ4v) is 3.58. The van der Waals surface area contributed by atoms with Crippen LogP contribution >= 0.6 is 0 Å². The summed E-state index contributed by atoms with van der Waals surface area (Å²) in [5.74, 6) is 3.06. The summed E-state index contributed by atoms with van der Waals surface area (Å²) in [6.45, 7) is 13.1. The molecule has 27 heavy (non-hydrogen) atoms. The molecular weight excluding hydrogens is 334 g/mol. The van der Waals surface area contributed by atoms with Crippen molar-refractivity contribution in [2.24, 2.45) is 0 Å². The van der Waals surface area contributed by atoms with Crippen LogP contribution in [0.25, 0.3) is 0 Å². The first-order valence-corrected chi connectivity index (χ1v) is 9.27. The summed E-state index contributed by atoms with van der Waals surface area (Å²) in [6.07, 6.45) is 3.67. The second-order valence-electron chi connectivity index (χ2n) is 8.31. The van der Waals surface area contributed by atoms with Crippen molar-refractivity contribution in [2.45, 2.75) is 47.0 Å². The normalized spacial score (nSPS) is 13.0. The van der Waals surface area contributed by atoms with Crippen LogP contribution in [-0.2, 0) is 5.41 Å². The number of hydrogen-bond donors (Lipinski definition) is 0. The lowest BCUT2D eigenvalue weighted by molar-refractivity contribution is 0.470. The van der Waals surface area contributed by atoms with E-state index in [0.29, 0.717) is 0 Å². The van der Waals surface area contributed by atoms with Crippen molar-refractivity contribution in [3.63, 3.8) is 0 Å². The van der Waals surface area contributed by atoms with Crippen molar-refractivity contribution < 1.29 is 4.74 Å². The van der Waals surface area contributed by atoms with Gasteiger partial charge in [0.2, 0.25) is 0 Å². The van der Waals surface area contributed by atoms with Crippen LogP contribution in [-0.4, -0.2) is 9.97 Å². The first-order valence-electron chi connectivity index (χ1n) is 9.27. The molecule has 138 valence electrons. The average molecular weight is 359 g/mol. The van der Waals surface area contributed by atoms with Crippen LogP contribution in [0, 0.1) is 20.8 Å². The Hall–Kier alpha value is -2.88. The van der Waals surface area contributed by atoms with E-state index in [0.717, 1.165) is 34.4 Å². The summed E-state index contributed by atoms with van der Waals surface area (Å²) in [5.41, 5.74) is 6.01. The number of benzene rings is 1. The third kappa shape index (κ3) is 2.95. The first kappa shape index (κ1) is 17.5. The van der Waals surface area contributed by atoms with Crippen molar-refractivity contribution in [3.05, 3.63) is 65.0 Å². The second-order valence-corrected chi connectivity index (χ2v) is 8.31. The van der Waals surface area contributed by atoms with Crippen LogP contribution in [0.4, 0.5) is 17.3 Å². The molecule has 4 heteroatoms. The maximum absolute atomic E-state index is 6.10. The Kier molecular flexibility index (Phi) is 3.95. The van der Waals surface area contributed by atoms with Crippen molar-refractivity contribution in [3.8, 4) is 11.5 Å². The summed E-state index contributed by atoms with van der Waals surface area (Å²) in [6, 6.07) is 10.4. The van der Waals surface area contributed by atoms with E-state index in [9.17, 15) is 0 Å². The van der Waals surface area contributed by atoms with Gasteiger partial charge in [-0.25, -0.2) is 9.97 Å². The number of ether oxygens (including phenoxy) is 1. The van der Waals surface area contributed by atoms with Gasteiger partial charge in [0, 0.05) is 12.4 Å². The smallest absolute Gasteiger partial charge is 0.182 e. The number of hydrogen-bond acceptors (Lipinski definition) is 4. The molecule has 0 fully saturated rings. The minimum atomic E-state index is 0.0997. The molecule has 3 aromatic rings. The molecule has 0 unspecified atom stereocenters. The average Bonchev–Trinajstić information content (AvgIpc) is 2.59. The van der Waals surface area contributed by atoms with Crippen molar-refractivity contribution in [1.29, 1.82) is 0 Å². The highest BCUT2D eigenvalue weighted by Crippen LogP contribution is 2.50. The number of aromatic nitrogens is 2. The molecule has 0 aliphatic carbocycles. The van der Waals surface area contributed by atoms with Gasteiger partial charge in [0.15, 0.2) is 23.1 Å². The van der Waals surface area contributed by atoms with Gasteiger partial charge in [-0.2, -0.15) is 0 Å². The van der Waals surface area contributed by atoms with E-state index in [1.54, 1.807) is 6.20 Å². The fraction of sp³-hybridized carbons (Fsp3) is 0.304. The van der Waals surface area contributed by atoms with E-state index in [-0.39, 0.29) is 5.41 Å². The third-order valence-corrected chi connectivity index (χ3v) is 4.94. The zero-order valence-corrected chi connectivity index (χ0v) is 16.8. The quantitative estimate of drug-likeness (QED) is 0.401. The summed E-state index contributed by atoms with van der Waals surface area (Å²) in [7, 11) is 0. The Bertz CT molecular complexity index is 1010. The molecule has 4 nitrogen and oxygen atoms in total. The lowest BCUT2D eigenvalue weighted by atomic mass is 9.84. The Morgan fingerprint density at radius 1 is 0.889 bits per heavy atom. The van der Waals surface area contributed by atoms with E-state index in [4.69, 9.17) is 4.74 Å². The summed E-state index contributed by atoms with van der Waals surface area (Å²) >= 11 is 0. The van der Waals surface area contributed by atoms with E-state index in [1.807, 2.05) is 31.3 Å². The molecule has 0 radical (unpaired) electrons. The van der Waals surface area contributed by atoms with Crippen LogP contribution in [0.2, 0.25) is 0 Å². The molecule has 0 saturated heterocycles. The van der Waals surface area contributed by atoms with Gasteiger partial charge in [-0.1, -0.05) is 32.9 Å². The van der Waals surface area contributed by atoms with Gasteiger partial charge in [0.05, 0.1) is 5.69 Å². The minimum absolute atomic E-state index is 0.0997. The molecule has 0 atom stereocenters. The van der Waals surface area contributed by atoms with E-state index >= 15 is 0 Å². The molecule has 4 rings (SSSR count). The van der Waals surface area contributed by atoms with Gasteiger partial charge in [-0.15, -0.1) is 0 Å². The predicted molar refractivity (Wildman–Crippen MR) is 110 cm³/mol. The van der Waals surface area contributed by atoms with Crippen LogP contribution in [0.3, 0.4) is 0 Å². The second kappa shape index (κ2) is 6.08. The summed E-state index contributed by atoms with van der Waals surface area (Å²) in [5, 5.41) is 0. The first-order chi connectivity index (χ1) is 12.8. The fourth-order valence-electron chi connectivity index (χ4n) is 3.58. The third-order valence-electron chi connectivity index (χ3n) is 4.94. The standard InChI is InChI=1S/C23H25N3O/c1-14-10-19-22(25-13-14)26(21-18(27-19)8-7-9-24-21)20-15(2)11-17(12-16(20)3)23(4,5)6/h7-13H,1-6H3. The van der Waals surface area contributed by atoms with Crippen LogP contribution < -0.4 is 9.64 Å². The van der Waals surface area contributed by atoms with Gasteiger partial charge in [-0.05, 0) is 66.6 Å². The van der Waals surface area contributed by atoms with Crippen LogP contribution in [0.1, 0.15) is 43.0 Å². The molecule has 0 bridgehead atoms. The SMILES string of the molecule is Cc1cnc2c(c1)Oc1cccnc1N2c1c(C)cc(C(C)(C)C)cc1C. The number of aryl methyl sites for hydroxylation is 3. The molecule has 2 aromatic heterocycles. The molecule has 1 aliphatic heterocycles. The molecule has 3 heterocycles. The lowest BCUT2D eigenvalue weighted by Crippen LogP contribution is -2.21. The molecule has 0 amide bonds. The van der Waals surface area contributed by atoms with Crippen LogP contribution in [0.15, 0.2) is 42.7 Å². The minimum Gasteiger partial charge on any atom is -0.450 e. The summed E-state index contributed by atoms with van der Waals surface area (Å²) < 4.78 is 6.10. The van der Waals surface area contributed by atoms with Gasteiger partial charge >= 0.3 is 0 Å². The monoisotopic (exact) mass is 359 g/mol. The highest BCUT2D eigenvalue weighted by molar-refractivity contribution is 5.84. The Balaban J connectivity index is 1.97. The molecule has 0 saturated carbocycles. The maximum Gasteiger partial charge on any atom is 0.182 e. The molecule has 1 aliphatic rings. The predicted octanol–water partition coefficient (Wildman–Crippen LogP) is 6.27. The van der Waals surface area contributed by atoms with E-state index in [1.165, 1.54) is 16.7 Å². The molecule has 1 aromatic carbocycles. The number of fused-ring (bicyclic) bond motifs is 2. The molecular formula is C23H25N3O. The van der Waals surface area contributed by atoms with E-state index < -0.39 is 0 Å². The Morgan fingerprint density at radius 3 is 2.22 bits per heavy atom. The number of nitrogens with zero attached hydrogens (tertiary/aromatic N) is 3. The molecule has 0 N–H and O–H groups in total. The van der Waals surface area contributed by atoms with Gasteiger partial charge in [0.1, 0.15) is 0 Å². The highest BCUT2D eigenvalue weighted by Gasteiger charge is 2.30. The maximum atomic E-state index is 6.10. The van der Waals surface area contributed by atoms with Crippen molar-refractivity contribution >= 4 is 17.3 Å². The topological polar surface area (TPSA) is 38.3 Å². The van der Waals surface area contributed by atoms with Gasteiger partial charge < -0.3 is 4.74 Å². The lowest BCUT2D eigenvalue weighted by Gasteiger charge is -2.33. The summed E-state index contributed by atoms with van der Waals surface area (Å²) in [4.78, 5) is 11.4. The zero-order chi connectivity index (χ0) is 19.3. The van der Waals surface area contributed by atoms with Crippen molar-refractivity contribution in [2.75, 3.05) is 4.90 Å². The van der Waals surface area contributed by atoms with Gasteiger partial charge in [0.25, 0.3) is 0 Å². The number of anilines is 3. The molecule has 0 spiro atoms. The highest BCUT2D eigenvalue weighted by atomic mass is 16.5. The zero-order valence-electron chi connectivity index (χ0n) is 16.8. The largest absolute Gasteiger partial charge is 0.450 e. The van der Waals surface area contributed by atoms with Gasteiger partial charge in [-0.3, -0.25) is 4.90 Å². The number of rotatable bonds is 1. The van der Waals surface area contributed by atoms with E-state index in [2.05, 4.69) is 61.6 Å². The number of pyridine rings is 2.